The third-order valence-electron chi connectivity index (χ3n) is 3.70. The maximum absolute atomic E-state index is 12.6. The molecule has 0 saturated carbocycles. The Balaban J connectivity index is 2.26. The van der Waals surface area contributed by atoms with Crippen LogP contribution in [-0.2, 0) is 6.42 Å². The van der Waals surface area contributed by atoms with Crippen LogP contribution in [0.2, 0.25) is 0 Å². The summed E-state index contributed by atoms with van der Waals surface area (Å²) >= 11 is 0. The summed E-state index contributed by atoms with van der Waals surface area (Å²) in [5.41, 5.74) is 2.36. The molecular weight excluding hydrogens is 306 g/mol. The van der Waals surface area contributed by atoms with Crippen molar-refractivity contribution in [1.29, 1.82) is 0 Å². The molecule has 0 bridgehead atoms. The molecule has 1 amide bonds. The second kappa shape index (κ2) is 8.24. The van der Waals surface area contributed by atoms with Crippen molar-refractivity contribution >= 4 is 11.6 Å². The number of aryl methyl sites for hydroxylation is 1. The van der Waals surface area contributed by atoms with Gasteiger partial charge in [-0.05, 0) is 36.2 Å². The summed E-state index contributed by atoms with van der Waals surface area (Å²) in [5.74, 6) is 0.980. The second-order valence-electron chi connectivity index (χ2n) is 5.28. The summed E-state index contributed by atoms with van der Waals surface area (Å²) in [4.78, 5) is 12.6. The van der Waals surface area contributed by atoms with Gasteiger partial charge in [0.1, 0.15) is 0 Å². The number of ether oxygens (including phenoxy) is 3. The van der Waals surface area contributed by atoms with Gasteiger partial charge in [-0.2, -0.15) is 0 Å². The lowest BCUT2D eigenvalue weighted by Gasteiger charge is -2.15. The average Bonchev–Trinajstić information content (AvgIpc) is 2.61. The van der Waals surface area contributed by atoms with Crippen LogP contribution >= 0.6 is 0 Å². The Bertz CT molecular complexity index is 695. The van der Waals surface area contributed by atoms with E-state index in [1.165, 1.54) is 26.9 Å². The van der Waals surface area contributed by atoms with Crippen molar-refractivity contribution in [1.82, 2.24) is 0 Å². The highest BCUT2D eigenvalue weighted by molar-refractivity contribution is 6.07. The molecule has 0 spiro atoms. The van der Waals surface area contributed by atoms with Gasteiger partial charge in [0, 0.05) is 5.69 Å². The van der Waals surface area contributed by atoms with Crippen LogP contribution in [-0.4, -0.2) is 27.2 Å². The Morgan fingerprint density at radius 2 is 1.58 bits per heavy atom. The molecule has 2 aromatic carbocycles. The second-order valence-corrected chi connectivity index (χ2v) is 5.28. The number of hydrogen-bond acceptors (Lipinski definition) is 4. The van der Waals surface area contributed by atoms with E-state index in [2.05, 4.69) is 12.2 Å². The molecule has 0 aliphatic carbocycles. The number of methoxy groups -OCH3 is 3. The zero-order valence-electron chi connectivity index (χ0n) is 14.5. The van der Waals surface area contributed by atoms with Crippen molar-refractivity contribution in [2.24, 2.45) is 0 Å². The number of carbonyl (C=O) groups is 1. The first-order valence-electron chi connectivity index (χ1n) is 7.83. The minimum absolute atomic E-state index is 0.268. The maximum atomic E-state index is 12.6. The summed E-state index contributed by atoms with van der Waals surface area (Å²) in [7, 11) is 4.54. The molecule has 0 aliphatic rings. The lowest BCUT2D eigenvalue weighted by molar-refractivity contribution is 0.102. The average molecular weight is 329 g/mol. The molecule has 2 rings (SSSR count). The third kappa shape index (κ3) is 3.79. The van der Waals surface area contributed by atoms with Crippen LogP contribution in [0.25, 0.3) is 0 Å². The number of carbonyl (C=O) groups excluding carboxylic acids is 1. The molecule has 0 unspecified atom stereocenters. The van der Waals surface area contributed by atoms with Crippen LogP contribution in [0.3, 0.4) is 0 Å². The predicted molar refractivity (Wildman–Crippen MR) is 94.5 cm³/mol. The highest BCUT2D eigenvalue weighted by Crippen LogP contribution is 2.39. The molecule has 5 heteroatoms. The van der Waals surface area contributed by atoms with Crippen LogP contribution in [0.1, 0.15) is 29.3 Å². The molecule has 0 aromatic heterocycles. The standard InChI is InChI=1S/C19H23NO4/c1-5-6-13-7-9-14(10-8-13)20-19(21)15-11-12-16(22-2)18(24-4)17(15)23-3/h7-12H,5-6H2,1-4H3,(H,20,21). The Kier molecular flexibility index (Phi) is 6.07. The van der Waals surface area contributed by atoms with E-state index in [4.69, 9.17) is 14.2 Å². The van der Waals surface area contributed by atoms with Crippen LogP contribution in [0.5, 0.6) is 17.2 Å². The molecule has 0 fully saturated rings. The molecule has 2 aromatic rings. The summed E-state index contributed by atoms with van der Waals surface area (Å²) < 4.78 is 15.9. The van der Waals surface area contributed by atoms with Crippen molar-refractivity contribution in [2.45, 2.75) is 19.8 Å². The lowest BCUT2D eigenvalue weighted by atomic mass is 10.1. The Hall–Kier alpha value is -2.69. The fraction of sp³-hybridized carbons (Fsp3) is 0.316. The fourth-order valence-electron chi connectivity index (χ4n) is 2.52. The van der Waals surface area contributed by atoms with Gasteiger partial charge in [-0.3, -0.25) is 4.79 Å². The molecular formula is C19H23NO4. The third-order valence-corrected chi connectivity index (χ3v) is 3.70. The summed E-state index contributed by atoms with van der Waals surface area (Å²) in [5, 5.41) is 2.88. The zero-order valence-corrected chi connectivity index (χ0v) is 14.5. The van der Waals surface area contributed by atoms with Gasteiger partial charge in [0.2, 0.25) is 5.75 Å². The summed E-state index contributed by atoms with van der Waals surface area (Å²) in [6.45, 7) is 2.14. The number of nitrogens with one attached hydrogen (secondary N) is 1. The molecule has 0 saturated heterocycles. The number of hydrogen-bond donors (Lipinski definition) is 1. The van der Waals surface area contributed by atoms with Crippen LogP contribution in [0.15, 0.2) is 36.4 Å². The van der Waals surface area contributed by atoms with Gasteiger partial charge in [0.25, 0.3) is 5.91 Å². The van der Waals surface area contributed by atoms with E-state index in [0.29, 0.717) is 22.8 Å². The van der Waals surface area contributed by atoms with Gasteiger partial charge in [-0.25, -0.2) is 0 Å². The molecule has 0 aliphatic heterocycles. The van der Waals surface area contributed by atoms with E-state index in [0.717, 1.165) is 18.5 Å². The summed E-state index contributed by atoms with van der Waals surface area (Å²) in [6, 6.07) is 11.2. The monoisotopic (exact) mass is 329 g/mol. The number of amides is 1. The molecule has 24 heavy (non-hydrogen) atoms. The highest BCUT2D eigenvalue weighted by Gasteiger charge is 2.20. The normalized spacial score (nSPS) is 10.2. The van der Waals surface area contributed by atoms with Crippen molar-refractivity contribution in [2.75, 3.05) is 26.6 Å². The first-order valence-corrected chi connectivity index (χ1v) is 7.83. The molecule has 1 N–H and O–H groups in total. The molecule has 0 heterocycles. The molecule has 128 valence electrons. The van der Waals surface area contributed by atoms with E-state index in [1.807, 2.05) is 24.3 Å². The van der Waals surface area contributed by atoms with Crippen LogP contribution in [0.4, 0.5) is 5.69 Å². The minimum atomic E-state index is -0.268. The van der Waals surface area contributed by atoms with Gasteiger partial charge in [0.15, 0.2) is 11.5 Å². The molecule has 0 atom stereocenters. The van der Waals surface area contributed by atoms with E-state index in [1.54, 1.807) is 12.1 Å². The van der Waals surface area contributed by atoms with E-state index < -0.39 is 0 Å². The smallest absolute Gasteiger partial charge is 0.259 e. The number of anilines is 1. The van der Waals surface area contributed by atoms with E-state index in [9.17, 15) is 4.79 Å². The largest absolute Gasteiger partial charge is 0.493 e. The highest BCUT2D eigenvalue weighted by atomic mass is 16.5. The first-order chi connectivity index (χ1) is 11.6. The van der Waals surface area contributed by atoms with Gasteiger partial charge < -0.3 is 19.5 Å². The Labute approximate surface area is 142 Å². The Morgan fingerprint density at radius 3 is 2.12 bits per heavy atom. The maximum Gasteiger partial charge on any atom is 0.259 e. The van der Waals surface area contributed by atoms with Gasteiger partial charge in [0.05, 0.1) is 26.9 Å². The van der Waals surface area contributed by atoms with Gasteiger partial charge in [-0.1, -0.05) is 25.5 Å². The summed E-state index contributed by atoms with van der Waals surface area (Å²) in [6.07, 6.45) is 2.12. The van der Waals surface area contributed by atoms with Crippen molar-refractivity contribution in [3.63, 3.8) is 0 Å². The lowest BCUT2D eigenvalue weighted by Crippen LogP contribution is -2.14. The van der Waals surface area contributed by atoms with Crippen LogP contribution < -0.4 is 19.5 Å². The molecule has 0 radical (unpaired) electrons. The quantitative estimate of drug-likeness (QED) is 0.836. The first kappa shape index (κ1) is 17.7. The van der Waals surface area contributed by atoms with Gasteiger partial charge >= 0.3 is 0 Å². The van der Waals surface area contributed by atoms with Crippen molar-refractivity contribution in [3.05, 3.63) is 47.5 Å². The Morgan fingerprint density at radius 1 is 0.917 bits per heavy atom. The van der Waals surface area contributed by atoms with E-state index >= 15 is 0 Å². The SMILES string of the molecule is CCCc1ccc(NC(=O)c2ccc(OC)c(OC)c2OC)cc1. The zero-order chi connectivity index (χ0) is 17.5. The topological polar surface area (TPSA) is 56.8 Å². The van der Waals surface area contributed by atoms with Crippen molar-refractivity contribution in [3.8, 4) is 17.2 Å². The van der Waals surface area contributed by atoms with Crippen LogP contribution in [0, 0.1) is 0 Å². The number of rotatable bonds is 7. The molecule has 5 nitrogen and oxygen atoms in total. The predicted octanol–water partition coefficient (Wildman–Crippen LogP) is 3.92. The minimum Gasteiger partial charge on any atom is -0.493 e. The number of benzene rings is 2. The van der Waals surface area contributed by atoms with E-state index in [-0.39, 0.29) is 5.91 Å². The van der Waals surface area contributed by atoms with Gasteiger partial charge in [-0.15, -0.1) is 0 Å². The fourth-order valence-corrected chi connectivity index (χ4v) is 2.52. The van der Waals surface area contributed by atoms with Crippen molar-refractivity contribution < 1.29 is 19.0 Å².